The molecule has 26 heavy (non-hydrogen) atoms. The van der Waals surface area contributed by atoms with E-state index in [1.165, 1.54) is 5.56 Å². The second kappa shape index (κ2) is 7.10. The zero-order valence-electron chi connectivity index (χ0n) is 14.5. The number of aryl methyl sites for hydroxylation is 1. The summed E-state index contributed by atoms with van der Waals surface area (Å²) >= 11 is 0. The Balaban J connectivity index is 1.49. The molecule has 0 aromatic heterocycles. The zero-order valence-corrected chi connectivity index (χ0v) is 14.5. The van der Waals surface area contributed by atoms with Gasteiger partial charge in [-0.2, -0.15) is 0 Å². The van der Waals surface area contributed by atoms with E-state index >= 15 is 0 Å². The van der Waals surface area contributed by atoms with E-state index in [4.69, 9.17) is 10.7 Å². The summed E-state index contributed by atoms with van der Waals surface area (Å²) in [7, 11) is 0. The molecular weight excluding hydrogens is 322 g/mol. The number of rotatable bonds is 6. The van der Waals surface area contributed by atoms with Crippen molar-refractivity contribution in [1.82, 2.24) is 5.32 Å². The Kier molecular flexibility index (Phi) is 4.50. The molecule has 4 nitrogen and oxygen atoms in total. The Morgan fingerprint density at radius 3 is 2.65 bits per heavy atom. The Bertz CT molecular complexity index is 925. The number of nitrogens with two attached hydrogens (primary N) is 1. The standard InChI is InChI=1S/C22H21N3O/c23-22(26)16-13-18-17-10-4-5-11-19(17)25-21(18)20(14-16)24-12-6-9-15-7-2-1-3-8-15/h1-5,7-8,10-11,13-14,20,24H,6,9,12H2,(H2,23,26). The fraction of sp³-hybridized carbons (Fsp3) is 0.182. The van der Waals surface area contributed by atoms with Crippen LogP contribution in [0.5, 0.6) is 0 Å². The third-order valence-corrected chi connectivity index (χ3v) is 4.79. The van der Waals surface area contributed by atoms with Crippen molar-refractivity contribution < 1.29 is 4.79 Å². The van der Waals surface area contributed by atoms with Crippen LogP contribution in [-0.4, -0.2) is 24.2 Å². The van der Waals surface area contributed by atoms with Gasteiger partial charge >= 0.3 is 0 Å². The number of para-hydroxylation sites is 1. The Morgan fingerprint density at radius 2 is 1.85 bits per heavy atom. The van der Waals surface area contributed by atoms with Crippen LogP contribution in [0, 0.1) is 0 Å². The van der Waals surface area contributed by atoms with Crippen LogP contribution in [0.4, 0.5) is 5.69 Å². The molecule has 2 aromatic carbocycles. The summed E-state index contributed by atoms with van der Waals surface area (Å²) in [6, 6.07) is 18.3. The van der Waals surface area contributed by atoms with Crippen molar-refractivity contribution in [1.29, 1.82) is 0 Å². The van der Waals surface area contributed by atoms with E-state index in [-0.39, 0.29) is 6.04 Å². The van der Waals surface area contributed by atoms with E-state index in [0.717, 1.165) is 41.9 Å². The van der Waals surface area contributed by atoms with Gasteiger partial charge in [0, 0.05) is 16.7 Å². The summed E-state index contributed by atoms with van der Waals surface area (Å²) in [4.78, 5) is 16.5. The fourth-order valence-corrected chi connectivity index (χ4v) is 3.48. The molecule has 1 amide bonds. The van der Waals surface area contributed by atoms with Gasteiger partial charge < -0.3 is 11.1 Å². The van der Waals surface area contributed by atoms with Crippen molar-refractivity contribution in [2.45, 2.75) is 18.9 Å². The third-order valence-electron chi connectivity index (χ3n) is 4.79. The average Bonchev–Trinajstić information content (AvgIpc) is 3.05. The molecule has 0 bridgehead atoms. The quantitative estimate of drug-likeness (QED) is 0.791. The molecule has 1 heterocycles. The summed E-state index contributed by atoms with van der Waals surface area (Å²) in [5.41, 5.74) is 11.4. The highest BCUT2D eigenvalue weighted by Crippen LogP contribution is 2.38. The van der Waals surface area contributed by atoms with E-state index in [9.17, 15) is 4.79 Å². The van der Waals surface area contributed by atoms with Crippen molar-refractivity contribution in [2.75, 3.05) is 6.54 Å². The predicted octanol–water partition coefficient (Wildman–Crippen LogP) is 3.17. The molecule has 4 rings (SSSR count). The molecule has 0 saturated heterocycles. The van der Waals surface area contributed by atoms with Gasteiger partial charge in [0.05, 0.1) is 17.4 Å². The number of nitrogens with zero attached hydrogens (tertiary/aromatic N) is 1. The number of hydrogen-bond acceptors (Lipinski definition) is 3. The van der Waals surface area contributed by atoms with Crippen molar-refractivity contribution in [3.05, 3.63) is 83.4 Å². The van der Waals surface area contributed by atoms with E-state index in [1.807, 2.05) is 42.5 Å². The number of carbonyl (C=O) groups excluding carboxylic acids is 1. The maximum Gasteiger partial charge on any atom is 0.248 e. The topological polar surface area (TPSA) is 67.5 Å². The lowest BCUT2D eigenvalue weighted by Crippen LogP contribution is -2.38. The molecule has 0 spiro atoms. The Morgan fingerprint density at radius 1 is 1.08 bits per heavy atom. The molecule has 0 saturated carbocycles. The highest BCUT2D eigenvalue weighted by Gasteiger charge is 2.30. The van der Waals surface area contributed by atoms with Gasteiger partial charge in [-0.25, -0.2) is 0 Å². The van der Waals surface area contributed by atoms with Crippen molar-refractivity contribution >= 4 is 22.9 Å². The first-order valence-corrected chi connectivity index (χ1v) is 8.91. The van der Waals surface area contributed by atoms with E-state index in [2.05, 4.69) is 29.6 Å². The van der Waals surface area contributed by atoms with Crippen LogP contribution in [0.3, 0.4) is 0 Å². The summed E-state index contributed by atoms with van der Waals surface area (Å²) < 4.78 is 0. The van der Waals surface area contributed by atoms with Gasteiger partial charge in [0.25, 0.3) is 0 Å². The largest absolute Gasteiger partial charge is 0.366 e. The second-order valence-electron chi connectivity index (χ2n) is 6.58. The lowest BCUT2D eigenvalue weighted by Gasteiger charge is -2.21. The van der Waals surface area contributed by atoms with Gasteiger partial charge in [0.2, 0.25) is 5.91 Å². The molecule has 1 aliphatic carbocycles. The highest BCUT2D eigenvalue weighted by molar-refractivity contribution is 6.33. The van der Waals surface area contributed by atoms with E-state index in [0.29, 0.717) is 5.57 Å². The normalized spacial score (nSPS) is 17.7. The molecule has 2 aromatic rings. The number of aliphatic imine (C=N–C) groups is 1. The van der Waals surface area contributed by atoms with Gasteiger partial charge in [-0.3, -0.25) is 9.79 Å². The summed E-state index contributed by atoms with van der Waals surface area (Å²) in [5, 5.41) is 3.53. The maximum atomic E-state index is 11.8. The number of hydrogen-bond donors (Lipinski definition) is 2. The number of primary amides is 1. The fourth-order valence-electron chi connectivity index (χ4n) is 3.48. The van der Waals surface area contributed by atoms with E-state index < -0.39 is 5.91 Å². The number of nitrogens with one attached hydrogen (secondary N) is 1. The SMILES string of the molecule is NC(=O)C1=CC(NCCCc2ccccc2)C2=Nc3ccccc3C2=C1. The lowest BCUT2D eigenvalue weighted by atomic mass is 9.90. The van der Waals surface area contributed by atoms with Gasteiger partial charge in [-0.15, -0.1) is 0 Å². The molecule has 130 valence electrons. The van der Waals surface area contributed by atoms with Crippen LogP contribution in [0.1, 0.15) is 17.5 Å². The molecule has 4 heteroatoms. The third kappa shape index (κ3) is 3.24. The van der Waals surface area contributed by atoms with Crippen molar-refractivity contribution in [3.63, 3.8) is 0 Å². The first kappa shape index (κ1) is 16.5. The van der Waals surface area contributed by atoms with E-state index in [1.54, 1.807) is 0 Å². The van der Waals surface area contributed by atoms with Crippen LogP contribution in [-0.2, 0) is 11.2 Å². The Labute approximate surface area is 153 Å². The number of fused-ring (bicyclic) bond motifs is 3. The molecule has 1 aliphatic heterocycles. The minimum atomic E-state index is -0.406. The van der Waals surface area contributed by atoms with Gasteiger partial charge in [-0.1, -0.05) is 48.5 Å². The lowest BCUT2D eigenvalue weighted by molar-refractivity contribution is -0.114. The smallest absolute Gasteiger partial charge is 0.248 e. The Hall–Kier alpha value is -2.98. The van der Waals surface area contributed by atoms with Crippen molar-refractivity contribution in [3.8, 4) is 0 Å². The summed E-state index contributed by atoms with van der Waals surface area (Å²) in [6.07, 6.45) is 5.77. The number of carbonyl (C=O) groups is 1. The molecule has 1 unspecified atom stereocenters. The van der Waals surface area contributed by atoms with Crippen LogP contribution in [0.15, 0.2) is 77.3 Å². The first-order valence-electron chi connectivity index (χ1n) is 8.91. The number of amides is 1. The second-order valence-corrected chi connectivity index (χ2v) is 6.58. The molecule has 0 fully saturated rings. The predicted molar refractivity (Wildman–Crippen MR) is 105 cm³/mol. The van der Waals surface area contributed by atoms with Crippen LogP contribution in [0.2, 0.25) is 0 Å². The zero-order chi connectivity index (χ0) is 17.9. The minimum Gasteiger partial charge on any atom is -0.366 e. The van der Waals surface area contributed by atoms with Crippen LogP contribution >= 0.6 is 0 Å². The van der Waals surface area contributed by atoms with Crippen LogP contribution < -0.4 is 11.1 Å². The molecule has 2 aliphatic rings. The summed E-state index contributed by atoms with van der Waals surface area (Å²) in [5.74, 6) is -0.406. The van der Waals surface area contributed by atoms with Gasteiger partial charge in [-0.05, 0) is 43.2 Å². The first-order chi connectivity index (χ1) is 12.7. The maximum absolute atomic E-state index is 11.8. The average molecular weight is 343 g/mol. The molecule has 3 N–H and O–H groups in total. The monoisotopic (exact) mass is 343 g/mol. The highest BCUT2D eigenvalue weighted by atomic mass is 16.1. The summed E-state index contributed by atoms with van der Waals surface area (Å²) in [6.45, 7) is 0.838. The minimum absolute atomic E-state index is 0.0966. The van der Waals surface area contributed by atoms with Gasteiger partial charge in [0.15, 0.2) is 0 Å². The van der Waals surface area contributed by atoms with Crippen LogP contribution in [0.25, 0.3) is 5.57 Å². The van der Waals surface area contributed by atoms with Crippen molar-refractivity contribution in [2.24, 2.45) is 10.7 Å². The molecule has 0 radical (unpaired) electrons. The molecule has 1 atom stereocenters. The van der Waals surface area contributed by atoms with Gasteiger partial charge in [0.1, 0.15) is 0 Å². The molecular formula is C22H21N3O. The number of benzene rings is 2.